The van der Waals surface area contributed by atoms with Gasteiger partial charge in [-0.2, -0.15) is 0 Å². The van der Waals surface area contributed by atoms with Gasteiger partial charge >= 0.3 is 0 Å². The average molecular weight is 288 g/mol. The van der Waals surface area contributed by atoms with Crippen molar-refractivity contribution in [1.82, 2.24) is 8.87 Å². The first-order valence-electron chi connectivity index (χ1n) is 6.48. The summed E-state index contributed by atoms with van der Waals surface area (Å²) in [6, 6.07) is 1.66. The van der Waals surface area contributed by atoms with Crippen molar-refractivity contribution >= 4 is 10.0 Å². The van der Waals surface area contributed by atoms with Gasteiger partial charge in [0.2, 0.25) is 10.0 Å². The van der Waals surface area contributed by atoms with E-state index in [0.29, 0.717) is 12.2 Å². The van der Waals surface area contributed by atoms with Gasteiger partial charge in [-0.15, -0.1) is 0 Å². The van der Waals surface area contributed by atoms with Crippen molar-refractivity contribution < 1.29 is 13.5 Å². The number of nitrogens with zero attached hydrogens (tertiary/aromatic N) is 2. The Hall–Kier alpha value is -0.850. The van der Waals surface area contributed by atoms with Gasteiger partial charge in [0.1, 0.15) is 4.90 Å². The van der Waals surface area contributed by atoms with E-state index in [2.05, 4.69) is 0 Å². The molecule has 0 spiro atoms. The summed E-state index contributed by atoms with van der Waals surface area (Å²) in [5.74, 6) is 0.268. The molecule has 0 bridgehead atoms. The largest absolute Gasteiger partial charge is 0.390 e. The molecule has 0 fully saturated rings. The summed E-state index contributed by atoms with van der Waals surface area (Å²) in [7, 11) is -1.89. The summed E-state index contributed by atoms with van der Waals surface area (Å²) in [5.41, 5.74) is 0.617. The van der Waals surface area contributed by atoms with E-state index in [9.17, 15) is 13.5 Å². The van der Waals surface area contributed by atoms with Gasteiger partial charge in [0.05, 0.1) is 6.61 Å². The van der Waals surface area contributed by atoms with Crippen LogP contribution in [0.15, 0.2) is 17.2 Å². The molecular formula is C13H24N2O3S. The molecule has 0 amide bonds. The van der Waals surface area contributed by atoms with Gasteiger partial charge in [0, 0.05) is 31.5 Å². The lowest BCUT2D eigenvalue weighted by molar-refractivity contribution is 0.268. The third-order valence-electron chi connectivity index (χ3n) is 2.96. The first-order valence-corrected chi connectivity index (χ1v) is 7.92. The summed E-state index contributed by atoms with van der Waals surface area (Å²) >= 11 is 0. The van der Waals surface area contributed by atoms with Crippen molar-refractivity contribution in [3.63, 3.8) is 0 Å². The van der Waals surface area contributed by atoms with Crippen molar-refractivity contribution in [3.05, 3.63) is 18.0 Å². The Morgan fingerprint density at radius 2 is 1.89 bits per heavy atom. The molecule has 6 heteroatoms. The highest BCUT2D eigenvalue weighted by Gasteiger charge is 2.24. The lowest BCUT2D eigenvalue weighted by Gasteiger charge is -2.18. The lowest BCUT2D eigenvalue weighted by atomic mass is 10.2. The van der Waals surface area contributed by atoms with Crippen LogP contribution in [0, 0.1) is 5.92 Å². The topological polar surface area (TPSA) is 62.5 Å². The van der Waals surface area contributed by atoms with Gasteiger partial charge in [-0.3, -0.25) is 0 Å². The lowest BCUT2D eigenvalue weighted by Crippen LogP contribution is -2.30. The van der Waals surface area contributed by atoms with E-state index >= 15 is 0 Å². The molecule has 5 nitrogen and oxygen atoms in total. The first-order chi connectivity index (χ1) is 8.70. The zero-order valence-electron chi connectivity index (χ0n) is 12.3. The number of hydrogen-bond acceptors (Lipinski definition) is 3. The fourth-order valence-corrected chi connectivity index (χ4v) is 3.42. The minimum absolute atomic E-state index is 0.113. The van der Waals surface area contributed by atoms with Gasteiger partial charge in [-0.25, -0.2) is 12.7 Å². The second kappa shape index (κ2) is 6.07. The van der Waals surface area contributed by atoms with Gasteiger partial charge < -0.3 is 9.67 Å². The van der Waals surface area contributed by atoms with Crippen molar-refractivity contribution in [3.8, 4) is 0 Å². The van der Waals surface area contributed by atoms with Gasteiger partial charge in [0.15, 0.2) is 0 Å². The minimum atomic E-state index is -3.48. The molecule has 0 unspecified atom stereocenters. The molecule has 1 aromatic rings. The molecule has 0 radical (unpaired) electrons. The number of aliphatic hydroxyl groups is 1. The Bertz CT molecular complexity index is 518. The molecule has 1 rings (SSSR count). The molecule has 0 aliphatic rings. The van der Waals surface area contributed by atoms with Crippen LogP contribution in [-0.4, -0.2) is 36.0 Å². The van der Waals surface area contributed by atoms with E-state index in [1.54, 1.807) is 23.9 Å². The van der Waals surface area contributed by atoms with Gasteiger partial charge in [-0.05, 0) is 25.8 Å². The second-order valence-electron chi connectivity index (χ2n) is 5.51. The number of sulfonamides is 1. The molecule has 0 atom stereocenters. The van der Waals surface area contributed by atoms with Crippen LogP contribution in [0.3, 0.4) is 0 Å². The molecular weight excluding hydrogens is 264 g/mol. The molecule has 0 saturated carbocycles. The zero-order valence-corrected chi connectivity index (χ0v) is 13.1. The Morgan fingerprint density at radius 1 is 1.32 bits per heavy atom. The van der Waals surface area contributed by atoms with E-state index in [1.807, 2.05) is 27.7 Å². The quantitative estimate of drug-likeness (QED) is 0.868. The third-order valence-corrected chi connectivity index (χ3v) is 4.74. The van der Waals surface area contributed by atoms with Crippen molar-refractivity contribution in [2.75, 3.05) is 13.6 Å². The third kappa shape index (κ3) is 3.58. The Kier molecular flexibility index (Phi) is 5.18. The predicted octanol–water partition coefficient (Wildman–Crippen LogP) is 1.84. The van der Waals surface area contributed by atoms with E-state index in [1.165, 1.54) is 4.31 Å². The van der Waals surface area contributed by atoms with Crippen LogP contribution in [0.2, 0.25) is 0 Å². The number of aromatic nitrogens is 1. The number of hydrogen-bond donors (Lipinski definition) is 1. The Labute approximate surface area is 115 Å². The monoisotopic (exact) mass is 288 g/mol. The number of aliphatic hydroxyl groups excluding tert-OH is 1. The fraction of sp³-hybridized carbons (Fsp3) is 0.692. The van der Waals surface area contributed by atoms with Crippen molar-refractivity contribution in [2.45, 2.75) is 45.2 Å². The van der Waals surface area contributed by atoms with Crippen LogP contribution in [0.25, 0.3) is 0 Å². The zero-order chi connectivity index (χ0) is 14.8. The minimum Gasteiger partial charge on any atom is -0.390 e. The normalized spacial score (nSPS) is 12.9. The van der Waals surface area contributed by atoms with Gasteiger partial charge in [-0.1, -0.05) is 13.8 Å². The van der Waals surface area contributed by atoms with Crippen LogP contribution in [0.4, 0.5) is 0 Å². The summed E-state index contributed by atoms with van der Waals surface area (Å²) < 4.78 is 28.0. The highest BCUT2D eigenvalue weighted by molar-refractivity contribution is 7.89. The van der Waals surface area contributed by atoms with Crippen molar-refractivity contribution in [1.29, 1.82) is 0 Å². The fourth-order valence-electron chi connectivity index (χ4n) is 2.04. The van der Waals surface area contributed by atoms with Crippen LogP contribution < -0.4 is 0 Å². The SMILES string of the molecule is CC(C)CN(C)S(=O)(=O)c1cc(CO)n(C(C)C)c1. The summed E-state index contributed by atoms with van der Waals surface area (Å²) in [4.78, 5) is 0.244. The summed E-state index contributed by atoms with van der Waals surface area (Å²) in [6.45, 7) is 8.17. The molecule has 0 saturated heterocycles. The average Bonchev–Trinajstić information content (AvgIpc) is 2.72. The van der Waals surface area contributed by atoms with E-state index < -0.39 is 10.0 Å². The molecule has 0 aliphatic carbocycles. The Balaban J connectivity index is 3.15. The van der Waals surface area contributed by atoms with Gasteiger partial charge in [0.25, 0.3) is 0 Å². The van der Waals surface area contributed by atoms with Crippen LogP contribution in [0.1, 0.15) is 39.4 Å². The van der Waals surface area contributed by atoms with E-state index in [0.717, 1.165) is 0 Å². The van der Waals surface area contributed by atoms with Crippen LogP contribution in [-0.2, 0) is 16.6 Å². The molecule has 19 heavy (non-hydrogen) atoms. The maximum atomic E-state index is 12.4. The van der Waals surface area contributed by atoms with Crippen LogP contribution in [0.5, 0.6) is 0 Å². The van der Waals surface area contributed by atoms with Crippen molar-refractivity contribution in [2.24, 2.45) is 5.92 Å². The highest BCUT2D eigenvalue weighted by atomic mass is 32.2. The second-order valence-corrected chi connectivity index (χ2v) is 7.55. The molecule has 1 N–H and O–H groups in total. The molecule has 1 heterocycles. The molecule has 1 aromatic heterocycles. The Morgan fingerprint density at radius 3 is 2.26 bits per heavy atom. The first kappa shape index (κ1) is 16.2. The highest BCUT2D eigenvalue weighted by Crippen LogP contribution is 2.22. The standard InChI is InChI=1S/C13H24N2O3S/c1-10(2)7-14(5)19(17,18)13-6-12(9-16)15(8-13)11(3)4/h6,8,10-11,16H,7,9H2,1-5H3. The van der Waals surface area contributed by atoms with Crippen LogP contribution >= 0.6 is 0 Å². The summed E-state index contributed by atoms with van der Waals surface area (Å²) in [6.07, 6.45) is 1.60. The van der Waals surface area contributed by atoms with E-state index in [-0.39, 0.29) is 23.5 Å². The maximum Gasteiger partial charge on any atom is 0.244 e. The van der Waals surface area contributed by atoms with E-state index in [4.69, 9.17) is 0 Å². The number of rotatable bonds is 6. The molecule has 0 aliphatic heterocycles. The maximum absolute atomic E-state index is 12.4. The molecule has 0 aromatic carbocycles. The summed E-state index contributed by atoms with van der Waals surface area (Å²) in [5, 5.41) is 9.30. The predicted molar refractivity (Wildman–Crippen MR) is 75.4 cm³/mol. The smallest absolute Gasteiger partial charge is 0.244 e. The molecule has 110 valence electrons.